The largest absolute Gasteiger partial charge is 0.466 e. The molecule has 0 aliphatic carbocycles. The van der Waals surface area contributed by atoms with Gasteiger partial charge in [-0.1, -0.05) is 58.3 Å². The van der Waals surface area contributed by atoms with Gasteiger partial charge in [0.05, 0.1) is 19.3 Å². The Hall–Kier alpha value is -0.610. The van der Waals surface area contributed by atoms with E-state index in [0.29, 0.717) is 13.0 Å². The minimum absolute atomic E-state index is 0.0670. The molecule has 136 valence electrons. The van der Waals surface area contributed by atoms with Crippen LogP contribution in [0.1, 0.15) is 90.9 Å². The van der Waals surface area contributed by atoms with Crippen LogP contribution in [0.25, 0.3) is 0 Å². The van der Waals surface area contributed by atoms with E-state index in [0.717, 1.165) is 19.3 Å². The summed E-state index contributed by atoms with van der Waals surface area (Å²) < 4.78 is 10.7. The Morgan fingerprint density at radius 3 is 2.30 bits per heavy atom. The smallest absolute Gasteiger partial charge is 0.305 e. The van der Waals surface area contributed by atoms with E-state index in [4.69, 9.17) is 9.47 Å². The average Bonchev–Trinajstić information content (AvgIpc) is 3.24. The van der Waals surface area contributed by atoms with Crippen molar-refractivity contribution in [2.45, 2.75) is 103 Å². The molecule has 1 aliphatic heterocycles. The Morgan fingerprint density at radius 1 is 1.04 bits per heavy atom. The topological polar surface area (TPSA) is 59.1 Å². The van der Waals surface area contributed by atoms with Crippen LogP contribution in [-0.4, -0.2) is 36.0 Å². The number of epoxide rings is 1. The fourth-order valence-electron chi connectivity index (χ4n) is 3.24. The van der Waals surface area contributed by atoms with Crippen LogP contribution < -0.4 is 0 Å². The van der Waals surface area contributed by atoms with Crippen LogP contribution in [0.4, 0.5) is 0 Å². The highest BCUT2D eigenvalue weighted by Gasteiger charge is 2.54. The summed E-state index contributed by atoms with van der Waals surface area (Å²) in [5, 5.41) is 9.58. The molecule has 0 aromatic heterocycles. The normalized spacial score (nSPS) is 23.0. The van der Waals surface area contributed by atoms with E-state index in [2.05, 4.69) is 6.92 Å². The van der Waals surface area contributed by atoms with E-state index < -0.39 is 0 Å². The van der Waals surface area contributed by atoms with E-state index in [1.165, 1.54) is 51.4 Å². The van der Waals surface area contributed by atoms with Gasteiger partial charge in [0.2, 0.25) is 0 Å². The molecule has 0 spiro atoms. The lowest BCUT2D eigenvalue weighted by atomic mass is 9.95. The molecule has 2 atom stereocenters. The van der Waals surface area contributed by atoms with Gasteiger partial charge in [-0.2, -0.15) is 0 Å². The second kappa shape index (κ2) is 11.9. The number of hydrogen-bond donors (Lipinski definition) is 1. The molecule has 0 amide bonds. The van der Waals surface area contributed by atoms with Crippen molar-refractivity contribution in [2.75, 3.05) is 13.2 Å². The maximum absolute atomic E-state index is 11.3. The van der Waals surface area contributed by atoms with Crippen molar-refractivity contribution >= 4 is 5.97 Å². The van der Waals surface area contributed by atoms with E-state index in [-0.39, 0.29) is 24.3 Å². The summed E-state index contributed by atoms with van der Waals surface area (Å²) in [5.41, 5.74) is -0.367. The molecule has 1 saturated heterocycles. The number of unbranched alkanes of at least 4 members (excludes halogenated alkanes) is 7. The van der Waals surface area contributed by atoms with Gasteiger partial charge in [0, 0.05) is 6.42 Å². The first-order chi connectivity index (χ1) is 11.2. The Balaban J connectivity index is 2.02. The molecule has 4 nitrogen and oxygen atoms in total. The number of carbonyl (C=O) groups excluding carboxylic acids is 1. The van der Waals surface area contributed by atoms with E-state index in [1.807, 2.05) is 6.92 Å². The maximum atomic E-state index is 11.3. The third kappa shape index (κ3) is 8.16. The number of aliphatic hydroxyl groups excluding tert-OH is 1. The van der Waals surface area contributed by atoms with Crippen molar-refractivity contribution < 1.29 is 19.4 Å². The molecule has 1 fully saturated rings. The van der Waals surface area contributed by atoms with E-state index in [1.54, 1.807) is 0 Å². The molecule has 1 heterocycles. The van der Waals surface area contributed by atoms with Crippen molar-refractivity contribution in [1.29, 1.82) is 0 Å². The second-order valence-electron chi connectivity index (χ2n) is 6.75. The van der Waals surface area contributed by atoms with Gasteiger partial charge in [-0.15, -0.1) is 0 Å². The van der Waals surface area contributed by atoms with Gasteiger partial charge in [-0.3, -0.25) is 4.79 Å². The second-order valence-corrected chi connectivity index (χ2v) is 6.75. The molecule has 23 heavy (non-hydrogen) atoms. The third-order valence-corrected chi connectivity index (χ3v) is 4.78. The number of carbonyl (C=O) groups is 1. The van der Waals surface area contributed by atoms with Gasteiger partial charge >= 0.3 is 5.97 Å². The maximum Gasteiger partial charge on any atom is 0.305 e. The van der Waals surface area contributed by atoms with Crippen LogP contribution in [-0.2, 0) is 14.3 Å². The first-order valence-corrected chi connectivity index (χ1v) is 9.62. The molecule has 4 heteroatoms. The summed E-state index contributed by atoms with van der Waals surface area (Å²) >= 11 is 0. The van der Waals surface area contributed by atoms with Crippen molar-refractivity contribution in [1.82, 2.24) is 0 Å². The summed E-state index contributed by atoms with van der Waals surface area (Å²) in [6.45, 7) is 4.56. The summed E-state index contributed by atoms with van der Waals surface area (Å²) in [6.07, 6.45) is 13.6. The zero-order valence-corrected chi connectivity index (χ0v) is 15.1. The molecule has 0 saturated carbocycles. The molecular weight excluding hydrogens is 292 g/mol. The molecule has 0 aromatic rings. The number of hydrogen-bond acceptors (Lipinski definition) is 4. The Morgan fingerprint density at radius 2 is 1.70 bits per heavy atom. The first-order valence-electron chi connectivity index (χ1n) is 9.62. The fraction of sp³-hybridized carbons (Fsp3) is 0.947. The minimum atomic E-state index is -0.367. The highest BCUT2D eigenvalue weighted by atomic mass is 16.6. The Kier molecular flexibility index (Phi) is 10.5. The number of ether oxygens (including phenoxy) is 2. The zero-order valence-electron chi connectivity index (χ0n) is 15.1. The van der Waals surface area contributed by atoms with Gasteiger partial charge < -0.3 is 14.6 Å². The molecule has 0 aromatic carbocycles. The fourth-order valence-corrected chi connectivity index (χ4v) is 3.24. The highest BCUT2D eigenvalue weighted by Crippen LogP contribution is 2.43. The summed E-state index contributed by atoms with van der Waals surface area (Å²) in [6, 6.07) is 0. The quantitative estimate of drug-likeness (QED) is 0.275. The molecule has 0 radical (unpaired) electrons. The Bertz CT molecular complexity index is 318. The van der Waals surface area contributed by atoms with Gasteiger partial charge in [0.1, 0.15) is 5.60 Å². The van der Waals surface area contributed by atoms with E-state index in [9.17, 15) is 9.90 Å². The summed E-state index contributed by atoms with van der Waals surface area (Å²) in [7, 11) is 0. The number of esters is 1. The van der Waals surface area contributed by atoms with E-state index >= 15 is 0 Å². The standard InChI is InChI=1S/C19H36O4/c1-3-5-6-7-8-9-10-11-13-17-19(16-20,23-17)15-12-14-18(21)22-4-2/h17,20H,3-16H2,1-2H3/t17-,19+/m0/s1. The highest BCUT2D eigenvalue weighted by molar-refractivity contribution is 5.69. The van der Waals surface area contributed by atoms with Crippen molar-refractivity contribution in [3.8, 4) is 0 Å². The van der Waals surface area contributed by atoms with Crippen LogP contribution in [0.3, 0.4) is 0 Å². The molecule has 1 rings (SSSR count). The van der Waals surface area contributed by atoms with Gasteiger partial charge in [0.25, 0.3) is 0 Å². The van der Waals surface area contributed by atoms with Gasteiger partial charge in [0.15, 0.2) is 0 Å². The van der Waals surface area contributed by atoms with Gasteiger partial charge in [-0.25, -0.2) is 0 Å². The monoisotopic (exact) mass is 328 g/mol. The predicted octanol–water partition coefficient (Wildman–Crippen LogP) is 4.38. The lowest BCUT2D eigenvalue weighted by Crippen LogP contribution is -2.21. The first kappa shape index (κ1) is 20.4. The molecular formula is C19H36O4. The minimum Gasteiger partial charge on any atom is -0.466 e. The predicted molar refractivity (Wildman–Crippen MR) is 92.4 cm³/mol. The average molecular weight is 328 g/mol. The van der Waals surface area contributed by atoms with Crippen LogP contribution in [0, 0.1) is 0 Å². The van der Waals surface area contributed by atoms with Crippen molar-refractivity contribution in [3.63, 3.8) is 0 Å². The zero-order chi connectivity index (χ0) is 17.0. The number of rotatable bonds is 15. The molecule has 0 unspecified atom stereocenters. The summed E-state index contributed by atoms with van der Waals surface area (Å²) in [5.74, 6) is -0.152. The molecule has 1 aliphatic rings. The molecule has 0 bridgehead atoms. The lowest BCUT2D eigenvalue weighted by Gasteiger charge is -2.09. The van der Waals surface area contributed by atoms with Crippen LogP contribution in [0.15, 0.2) is 0 Å². The Labute approximate surface area is 141 Å². The SMILES string of the molecule is CCCCCCCCCC[C@@H]1O[C@@]1(CO)CCCC(=O)OCC. The van der Waals surface area contributed by atoms with Gasteiger partial charge in [-0.05, 0) is 26.2 Å². The van der Waals surface area contributed by atoms with Crippen molar-refractivity contribution in [3.05, 3.63) is 0 Å². The van der Waals surface area contributed by atoms with Crippen LogP contribution in [0.2, 0.25) is 0 Å². The van der Waals surface area contributed by atoms with Crippen LogP contribution in [0.5, 0.6) is 0 Å². The summed E-state index contributed by atoms with van der Waals surface area (Å²) in [4.78, 5) is 11.3. The lowest BCUT2D eigenvalue weighted by molar-refractivity contribution is -0.143. The molecule has 1 N–H and O–H groups in total. The third-order valence-electron chi connectivity index (χ3n) is 4.78. The number of aliphatic hydroxyl groups is 1. The van der Waals surface area contributed by atoms with Crippen molar-refractivity contribution in [2.24, 2.45) is 0 Å². The van der Waals surface area contributed by atoms with Crippen LogP contribution >= 0.6 is 0 Å².